The number of fused-ring (bicyclic) bond motifs is 2. The fraction of sp³-hybridized carbons (Fsp3) is 0.231. The Hall–Kier alpha value is -2.91. The maximum absolute atomic E-state index is 14.2. The zero-order valence-electron chi connectivity index (χ0n) is 16.7. The first-order chi connectivity index (χ1) is 14.7. The van der Waals surface area contributed by atoms with Crippen LogP contribution in [0.3, 0.4) is 0 Å². The number of amides is 1. The van der Waals surface area contributed by atoms with Crippen molar-refractivity contribution in [1.29, 1.82) is 0 Å². The van der Waals surface area contributed by atoms with E-state index in [2.05, 4.69) is 24.3 Å². The average Bonchev–Trinajstić information content (AvgIpc) is 3.14. The molecule has 1 heterocycles. The number of carbonyl (C=O) groups is 1. The van der Waals surface area contributed by atoms with Crippen molar-refractivity contribution >= 4 is 34.6 Å². The normalized spacial score (nSPS) is 20.4. The van der Waals surface area contributed by atoms with Crippen LogP contribution in [-0.4, -0.2) is 11.6 Å². The number of rotatable bonds is 4. The summed E-state index contributed by atoms with van der Waals surface area (Å²) in [6.45, 7) is 0.506. The van der Waals surface area contributed by atoms with E-state index in [0.29, 0.717) is 18.0 Å². The molecule has 0 saturated heterocycles. The maximum Gasteiger partial charge on any atom is 0.239 e. The molecule has 1 amide bonds. The minimum Gasteiger partial charge on any atom is -0.305 e. The van der Waals surface area contributed by atoms with Crippen molar-refractivity contribution in [3.8, 4) is 0 Å². The van der Waals surface area contributed by atoms with Gasteiger partial charge in [-0.3, -0.25) is 9.79 Å². The molecule has 0 spiro atoms. The molecule has 0 radical (unpaired) electrons. The summed E-state index contributed by atoms with van der Waals surface area (Å²) in [5.41, 5.74) is 4.30. The van der Waals surface area contributed by atoms with Gasteiger partial charge in [0, 0.05) is 10.7 Å². The summed E-state index contributed by atoms with van der Waals surface area (Å²) in [7, 11) is 0. The maximum atomic E-state index is 14.2. The van der Waals surface area contributed by atoms with Gasteiger partial charge in [-0.2, -0.15) is 0 Å². The van der Waals surface area contributed by atoms with Gasteiger partial charge in [-0.25, -0.2) is 0 Å². The second-order valence-electron chi connectivity index (χ2n) is 8.17. The minimum atomic E-state index is -0.596. The van der Waals surface area contributed by atoms with Gasteiger partial charge in [0.25, 0.3) is 0 Å². The summed E-state index contributed by atoms with van der Waals surface area (Å²) in [5.74, 6) is 0.132. The van der Waals surface area contributed by atoms with E-state index < -0.39 is 5.41 Å². The molecule has 3 aromatic carbocycles. The van der Waals surface area contributed by atoms with Crippen LogP contribution in [0.5, 0.6) is 0 Å². The zero-order chi connectivity index (χ0) is 20.6. The van der Waals surface area contributed by atoms with E-state index in [4.69, 9.17) is 16.6 Å². The van der Waals surface area contributed by atoms with Gasteiger partial charge >= 0.3 is 0 Å². The van der Waals surface area contributed by atoms with E-state index in [-0.39, 0.29) is 5.91 Å². The molecule has 1 aliphatic heterocycles. The van der Waals surface area contributed by atoms with Crippen LogP contribution >= 0.6 is 11.6 Å². The Balaban J connectivity index is 1.65. The molecule has 0 aromatic heterocycles. The lowest BCUT2D eigenvalue weighted by atomic mass is 9.77. The van der Waals surface area contributed by atoms with E-state index in [1.165, 1.54) is 5.56 Å². The quantitative estimate of drug-likeness (QED) is 0.488. The lowest BCUT2D eigenvalue weighted by Crippen LogP contribution is -2.46. The zero-order valence-corrected chi connectivity index (χ0v) is 17.5. The molecule has 150 valence electrons. The smallest absolute Gasteiger partial charge is 0.239 e. The van der Waals surface area contributed by atoms with Crippen molar-refractivity contribution in [3.63, 3.8) is 0 Å². The Morgan fingerprint density at radius 1 is 0.933 bits per heavy atom. The molecule has 1 fully saturated rings. The van der Waals surface area contributed by atoms with Crippen molar-refractivity contribution in [2.45, 2.75) is 32.2 Å². The number of carbonyl (C=O) groups excluding carboxylic acids is 1. The Bertz CT molecular complexity index is 1110. The number of hydrogen-bond donors (Lipinski definition) is 0. The molecule has 1 saturated carbocycles. The summed E-state index contributed by atoms with van der Waals surface area (Å²) in [4.78, 5) is 21.2. The van der Waals surface area contributed by atoms with Crippen molar-refractivity contribution in [2.75, 3.05) is 4.90 Å². The number of halogens is 1. The Labute approximate surface area is 182 Å². The first-order valence-electron chi connectivity index (χ1n) is 10.4. The molecule has 2 aliphatic rings. The fourth-order valence-electron chi connectivity index (χ4n) is 4.79. The van der Waals surface area contributed by atoms with Gasteiger partial charge in [0.05, 0.1) is 23.3 Å². The number of nitrogens with zero attached hydrogens (tertiary/aromatic N) is 2. The van der Waals surface area contributed by atoms with Crippen LogP contribution in [0.2, 0.25) is 5.02 Å². The Morgan fingerprint density at radius 3 is 2.37 bits per heavy atom. The van der Waals surface area contributed by atoms with Gasteiger partial charge in [-0.15, -0.1) is 0 Å². The van der Waals surface area contributed by atoms with E-state index in [1.54, 1.807) is 0 Å². The molecule has 3 nitrogen and oxygen atoms in total. The standard InChI is InChI=1S/C26H23ClN2O/c27-21-13-14-22-23(16-21)29(18-20-10-5-2-6-11-20)25(30)26(15-7-12-24(26)28-22)17-19-8-3-1-4-9-19/h1-6,8-11,13-14,16H,7,12,15,17-18H2. The molecule has 30 heavy (non-hydrogen) atoms. The molecule has 5 rings (SSSR count). The summed E-state index contributed by atoms with van der Waals surface area (Å²) >= 11 is 6.34. The highest BCUT2D eigenvalue weighted by Gasteiger charge is 2.50. The van der Waals surface area contributed by atoms with Gasteiger partial charge in [-0.1, -0.05) is 72.3 Å². The summed E-state index contributed by atoms with van der Waals surface area (Å²) < 4.78 is 0. The Kier molecular flexibility index (Phi) is 4.92. The molecule has 0 bridgehead atoms. The number of benzene rings is 3. The lowest BCUT2D eigenvalue weighted by Gasteiger charge is -2.33. The number of anilines is 1. The third-order valence-electron chi connectivity index (χ3n) is 6.24. The molecule has 1 atom stereocenters. The highest BCUT2D eigenvalue weighted by atomic mass is 35.5. The van der Waals surface area contributed by atoms with Crippen molar-refractivity contribution in [3.05, 3.63) is 95.0 Å². The van der Waals surface area contributed by atoms with Crippen LogP contribution in [-0.2, 0) is 17.8 Å². The van der Waals surface area contributed by atoms with Crippen molar-refractivity contribution < 1.29 is 4.79 Å². The highest BCUT2D eigenvalue weighted by Crippen LogP contribution is 2.47. The van der Waals surface area contributed by atoms with Crippen molar-refractivity contribution in [2.24, 2.45) is 10.4 Å². The fourth-order valence-corrected chi connectivity index (χ4v) is 4.95. The third kappa shape index (κ3) is 3.33. The topological polar surface area (TPSA) is 32.7 Å². The van der Waals surface area contributed by atoms with E-state index in [0.717, 1.165) is 41.9 Å². The molecular formula is C26H23ClN2O. The first kappa shape index (κ1) is 19.1. The average molecular weight is 415 g/mol. The lowest BCUT2D eigenvalue weighted by molar-refractivity contribution is -0.125. The van der Waals surface area contributed by atoms with Gasteiger partial charge < -0.3 is 4.90 Å². The van der Waals surface area contributed by atoms with E-state index >= 15 is 0 Å². The number of hydrogen-bond acceptors (Lipinski definition) is 2. The van der Waals surface area contributed by atoms with Crippen LogP contribution in [0.15, 0.2) is 83.9 Å². The van der Waals surface area contributed by atoms with Crippen molar-refractivity contribution in [1.82, 2.24) is 0 Å². The second-order valence-corrected chi connectivity index (χ2v) is 8.60. The highest BCUT2D eigenvalue weighted by molar-refractivity contribution is 6.31. The molecule has 3 aromatic rings. The first-order valence-corrected chi connectivity index (χ1v) is 10.8. The van der Waals surface area contributed by atoms with Gasteiger partial charge in [-0.05, 0) is 55.0 Å². The van der Waals surface area contributed by atoms with Crippen LogP contribution in [0.4, 0.5) is 11.4 Å². The molecule has 1 aliphatic carbocycles. The van der Waals surface area contributed by atoms with Gasteiger partial charge in [0.15, 0.2) is 0 Å². The second kappa shape index (κ2) is 7.73. The van der Waals surface area contributed by atoms with E-state index in [9.17, 15) is 4.79 Å². The molecule has 1 unspecified atom stereocenters. The van der Waals surface area contributed by atoms with E-state index in [1.807, 2.05) is 59.5 Å². The largest absolute Gasteiger partial charge is 0.305 e. The van der Waals surface area contributed by atoms with Gasteiger partial charge in [0.1, 0.15) is 0 Å². The molecular weight excluding hydrogens is 392 g/mol. The predicted molar refractivity (Wildman–Crippen MR) is 123 cm³/mol. The Morgan fingerprint density at radius 2 is 1.63 bits per heavy atom. The monoisotopic (exact) mass is 414 g/mol. The van der Waals surface area contributed by atoms with Crippen LogP contribution < -0.4 is 4.90 Å². The molecule has 0 N–H and O–H groups in total. The SMILES string of the molecule is O=C1N(Cc2ccccc2)c2cc(Cl)ccc2N=C2CCCC12Cc1ccccc1. The summed E-state index contributed by atoms with van der Waals surface area (Å²) in [6, 6.07) is 26.1. The summed E-state index contributed by atoms with van der Waals surface area (Å²) in [5, 5.41) is 0.615. The molecule has 4 heteroatoms. The predicted octanol–water partition coefficient (Wildman–Crippen LogP) is 6.37. The van der Waals surface area contributed by atoms with Crippen LogP contribution in [0, 0.1) is 5.41 Å². The third-order valence-corrected chi connectivity index (χ3v) is 6.48. The van der Waals surface area contributed by atoms with Crippen LogP contribution in [0.25, 0.3) is 0 Å². The van der Waals surface area contributed by atoms with Gasteiger partial charge in [0.2, 0.25) is 5.91 Å². The number of aliphatic imine (C=N–C) groups is 1. The minimum absolute atomic E-state index is 0.132. The summed E-state index contributed by atoms with van der Waals surface area (Å²) in [6.07, 6.45) is 3.35. The van der Waals surface area contributed by atoms with Crippen LogP contribution in [0.1, 0.15) is 30.4 Å².